The topological polar surface area (TPSA) is 3.24 Å². The highest BCUT2D eigenvalue weighted by Gasteiger charge is 2.38. The molecular weight excluding hydrogens is 299 g/mol. The van der Waals surface area contributed by atoms with Gasteiger partial charge in [0.05, 0.1) is 5.56 Å². The Labute approximate surface area is 129 Å². The quantitative estimate of drug-likeness (QED) is 0.667. The van der Waals surface area contributed by atoms with E-state index in [2.05, 4.69) is 20.8 Å². The molecule has 1 saturated heterocycles. The third-order valence-corrected chi connectivity index (χ3v) is 4.58. The van der Waals surface area contributed by atoms with Gasteiger partial charge in [-0.3, -0.25) is 0 Å². The molecule has 1 heterocycles. The lowest BCUT2D eigenvalue weighted by atomic mass is 9.80. The van der Waals surface area contributed by atoms with E-state index in [1.807, 2.05) is 4.90 Å². The van der Waals surface area contributed by atoms with Crippen molar-refractivity contribution in [2.45, 2.75) is 39.2 Å². The number of hydrogen-bond donors (Lipinski definition) is 0. The molecular formula is C16H21ClF3N. The number of halogens is 4. The summed E-state index contributed by atoms with van der Waals surface area (Å²) in [5.41, 5.74) is 0.320. The molecule has 1 aliphatic rings. The van der Waals surface area contributed by atoms with Crippen molar-refractivity contribution in [2.24, 2.45) is 11.3 Å². The van der Waals surface area contributed by atoms with Gasteiger partial charge in [0.15, 0.2) is 0 Å². The van der Waals surface area contributed by atoms with Crippen molar-refractivity contribution < 1.29 is 13.2 Å². The van der Waals surface area contributed by atoms with E-state index in [9.17, 15) is 13.2 Å². The number of nitrogens with zero attached hydrogens (tertiary/aromatic N) is 1. The molecule has 1 aromatic rings. The molecule has 1 aromatic carbocycles. The molecule has 1 fully saturated rings. The molecule has 0 spiro atoms. The van der Waals surface area contributed by atoms with Crippen molar-refractivity contribution in [3.8, 4) is 0 Å². The minimum atomic E-state index is -4.35. The maximum absolute atomic E-state index is 13.3. The molecule has 0 bridgehead atoms. The van der Waals surface area contributed by atoms with E-state index in [4.69, 9.17) is 11.6 Å². The largest absolute Gasteiger partial charge is 0.418 e. The van der Waals surface area contributed by atoms with Gasteiger partial charge in [0.2, 0.25) is 0 Å². The number of hydrogen-bond acceptors (Lipinski definition) is 1. The summed E-state index contributed by atoms with van der Waals surface area (Å²) in [6.07, 6.45) is -3.42. The lowest BCUT2D eigenvalue weighted by Gasteiger charge is -2.28. The van der Waals surface area contributed by atoms with E-state index in [-0.39, 0.29) is 17.0 Å². The van der Waals surface area contributed by atoms with Gasteiger partial charge in [0.25, 0.3) is 0 Å². The number of alkyl halides is 4. The summed E-state index contributed by atoms with van der Waals surface area (Å²) in [4.78, 5) is 1.86. The van der Waals surface area contributed by atoms with Gasteiger partial charge < -0.3 is 4.90 Å². The van der Waals surface area contributed by atoms with Gasteiger partial charge in [-0.05, 0) is 35.4 Å². The van der Waals surface area contributed by atoms with Crippen LogP contribution in [0, 0.1) is 11.3 Å². The number of anilines is 1. The summed E-state index contributed by atoms with van der Waals surface area (Å²) in [5, 5.41) is 0. The van der Waals surface area contributed by atoms with Crippen molar-refractivity contribution in [1.82, 2.24) is 0 Å². The first-order chi connectivity index (χ1) is 9.63. The molecule has 0 radical (unpaired) electrons. The Hall–Kier alpha value is -0.900. The van der Waals surface area contributed by atoms with Crippen LogP contribution in [0.15, 0.2) is 18.2 Å². The summed E-state index contributed by atoms with van der Waals surface area (Å²) in [6, 6.07) is 4.42. The first-order valence-electron chi connectivity index (χ1n) is 7.14. The summed E-state index contributed by atoms with van der Waals surface area (Å²) in [7, 11) is 0. The molecule has 1 atom stereocenters. The molecule has 21 heavy (non-hydrogen) atoms. The fourth-order valence-electron chi connectivity index (χ4n) is 2.86. The van der Waals surface area contributed by atoms with E-state index >= 15 is 0 Å². The fourth-order valence-corrected chi connectivity index (χ4v) is 3.02. The van der Waals surface area contributed by atoms with E-state index < -0.39 is 11.7 Å². The Bertz CT molecular complexity index is 505. The summed E-state index contributed by atoms with van der Waals surface area (Å²) < 4.78 is 39.8. The monoisotopic (exact) mass is 319 g/mol. The second-order valence-corrected chi connectivity index (χ2v) is 7.05. The van der Waals surface area contributed by atoms with Gasteiger partial charge in [-0.2, -0.15) is 13.2 Å². The summed E-state index contributed by atoms with van der Waals surface area (Å²) >= 11 is 5.66. The van der Waals surface area contributed by atoms with Crippen molar-refractivity contribution >= 4 is 17.3 Å². The highest BCUT2D eigenvalue weighted by atomic mass is 35.5. The number of rotatable bonds is 2. The normalized spacial score (nSPS) is 20.1. The standard InChI is InChI=1S/C16H21ClF3N/c1-15(2,3)12-6-7-21(10-12)14-5-4-11(9-17)8-13(14)16(18,19)20/h4-5,8,12H,6-7,9-10H2,1-3H3. The minimum absolute atomic E-state index is 0.0912. The molecule has 0 aliphatic carbocycles. The smallest absolute Gasteiger partial charge is 0.371 e. The van der Waals surface area contributed by atoms with Crippen molar-refractivity contribution in [1.29, 1.82) is 0 Å². The van der Waals surface area contributed by atoms with Gasteiger partial charge in [-0.1, -0.05) is 26.8 Å². The van der Waals surface area contributed by atoms with Gasteiger partial charge >= 0.3 is 6.18 Å². The molecule has 0 N–H and O–H groups in total. The van der Waals surface area contributed by atoms with Crippen molar-refractivity contribution in [3.05, 3.63) is 29.3 Å². The van der Waals surface area contributed by atoms with Gasteiger partial charge in [-0.25, -0.2) is 0 Å². The second kappa shape index (κ2) is 5.71. The summed E-state index contributed by atoms with van der Waals surface area (Å²) in [5.74, 6) is 0.500. The van der Waals surface area contributed by atoms with Crippen LogP contribution in [0.1, 0.15) is 38.3 Å². The molecule has 0 saturated carbocycles. The van der Waals surface area contributed by atoms with E-state index in [1.54, 1.807) is 12.1 Å². The molecule has 0 amide bonds. The van der Waals surface area contributed by atoms with Crippen LogP contribution in [-0.2, 0) is 12.1 Å². The SMILES string of the molecule is CC(C)(C)C1CCN(c2ccc(CCl)cc2C(F)(F)F)C1. The predicted molar refractivity (Wildman–Crippen MR) is 80.8 cm³/mol. The maximum Gasteiger partial charge on any atom is 0.418 e. The fraction of sp³-hybridized carbons (Fsp3) is 0.625. The predicted octanol–water partition coefficient (Wildman–Crippen LogP) is 5.32. The molecule has 1 nitrogen and oxygen atoms in total. The Kier molecular flexibility index (Phi) is 4.48. The highest BCUT2D eigenvalue weighted by molar-refractivity contribution is 6.17. The Morgan fingerprint density at radius 3 is 2.38 bits per heavy atom. The first kappa shape index (κ1) is 16.5. The minimum Gasteiger partial charge on any atom is -0.371 e. The van der Waals surface area contributed by atoms with Gasteiger partial charge in [-0.15, -0.1) is 11.6 Å². The van der Waals surface area contributed by atoms with Crippen LogP contribution < -0.4 is 4.90 Å². The zero-order chi connectivity index (χ0) is 15.8. The zero-order valence-electron chi connectivity index (χ0n) is 12.6. The van der Waals surface area contributed by atoms with Gasteiger partial charge in [0.1, 0.15) is 0 Å². The van der Waals surface area contributed by atoms with Crippen molar-refractivity contribution in [3.63, 3.8) is 0 Å². The average molecular weight is 320 g/mol. The molecule has 1 aliphatic heterocycles. The van der Waals surface area contributed by atoms with Gasteiger partial charge in [0, 0.05) is 24.7 Å². The van der Waals surface area contributed by atoms with Crippen LogP contribution in [0.2, 0.25) is 0 Å². The second-order valence-electron chi connectivity index (χ2n) is 6.78. The Morgan fingerprint density at radius 2 is 1.90 bits per heavy atom. The third kappa shape index (κ3) is 3.65. The Morgan fingerprint density at radius 1 is 1.24 bits per heavy atom. The van der Waals surface area contributed by atoms with Crippen LogP contribution >= 0.6 is 11.6 Å². The zero-order valence-corrected chi connectivity index (χ0v) is 13.4. The molecule has 118 valence electrons. The first-order valence-corrected chi connectivity index (χ1v) is 7.67. The van der Waals surface area contributed by atoms with E-state index in [1.165, 1.54) is 6.07 Å². The van der Waals surface area contributed by atoms with Crippen LogP contribution in [0.25, 0.3) is 0 Å². The molecule has 0 aromatic heterocycles. The molecule has 2 rings (SSSR count). The van der Waals surface area contributed by atoms with E-state index in [0.717, 1.165) is 6.42 Å². The molecule has 1 unspecified atom stereocenters. The van der Waals surface area contributed by atoms with Crippen LogP contribution in [0.3, 0.4) is 0 Å². The van der Waals surface area contributed by atoms with E-state index in [0.29, 0.717) is 24.6 Å². The lowest BCUT2D eigenvalue weighted by molar-refractivity contribution is -0.137. The average Bonchev–Trinajstić information content (AvgIpc) is 2.86. The highest BCUT2D eigenvalue weighted by Crippen LogP contribution is 2.41. The van der Waals surface area contributed by atoms with Crippen LogP contribution in [-0.4, -0.2) is 13.1 Å². The Balaban J connectivity index is 2.32. The number of benzene rings is 1. The maximum atomic E-state index is 13.3. The van der Waals surface area contributed by atoms with Crippen LogP contribution in [0.4, 0.5) is 18.9 Å². The molecule has 5 heteroatoms. The van der Waals surface area contributed by atoms with Crippen LogP contribution in [0.5, 0.6) is 0 Å². The third-order valence-electron chi connectivity index (χ3n) is 4.27. The lowest BCUT2D eigenvalue weighted by Crippen LogP contribution is -2.27. The van der Waals surface area contributed by atoms with Crippen molar-refractivity contribution in [2.75, 3.05) is 18.0 Å². The summed E-state index contributed by atoms with van der Waals surface area (Å²) in [6.45, 7) is 7.77.